The molecule has 0 unspecified atom stereocenters. The first-order chi connectivity index (χ1) is 8.45. The van der Waals surface area contributed by atoms with Crippen LogP contribution in [0.25, 0.3) is 0 Å². The highest BCUT2D eigenvalue weighted by Gasteiger charge is 2.15. The van der Waals surface area contributed by atoms with Gasteiger partial charge in [-0.25, -0.2) is 9.59 Å². The minimum atomic E-state index is -1.51. The monoisotopic (exact) mass is 315 g/mol. The van der Waals surface area contributed by atoms with E-state index in [9.17, 15) is 9.59 Å². The Morgan fingerprint density at radius 1 is 1.33 bits per heavy atom. The second-order valence-corrected chi connectivity index (χ2v) is 4.02. The van der Waals surface area contributed by atoms with Crippen LogP contribution in [-0.4, -0.2) is 29.3 Å². The lowest BCUT2D eigenvalue weighted by Gasteiger charge is -2.06. The van der Waals surface area contributed by atoms with E-state index in [4.69, 9.17) is 14.9 Å². The fourth-order valence-corrected chi connectivity index (χ4v) is 1.53. The second kappa shape index (κ2) is 6.06. The van der Waals surface area contributed by atoms with Gasteiger partial charge in [-0.15, -0.1) is 0 Å². The van der Waals surface area contributed by atoms with Crippen LogP contribution < -0.4 is 10.1 Å². The van der Waals surface area contributed by atoms with Crippen LogP contribution in [0.3, 0.4) is 0 Å². The first kappa shape index (κ1) is 14.0. The van der Waals surface area contributed by atoms with Gasteiger partial charge in [-0.1, -0.05) is 0 Å². The van der Waals surface area contributed by atoms with Crippen LogP contribution in [0.5, 0.6) is 5.75 Å². The van der Waals surface area contributed by atoms with E-state index in [1.54, 1.807) is 18.2 Å². The summed E-state index contributed by atoms with van der Waals surface area (Å²) in [6.07, 6.45) is 0.910. The van der Waals surface area contributed by atoms with Crippen molar-refractivity contribution in [3.63, 3.8) is 0 Å². The number of aliphatic carboxylic acids is 2. The zero-order valence-corrected chi connectivity index (χ0v) is 10.9. The van der Waals surface area contributed by atoms with Gasteiger partial charge in [-0.3, -0.25) is 0 Å². The van der Waals surface area contributed by atoms with Crippen molar-refractivity contribution in [1.29, 1.82) is 0 Å². The number of rotatable bonds is 5. The summed E-state index contributed by atoms with van der Waals surface area (Å²) in [6.45, 7) is 0. The van der Waals surface area contributed by atoms with Gasteiger partial charge in [-0.2, -0.15) is 0 Å². The molecule has 0 saturated carbocycles. The molecule has 0 atom stereocenters. The number of halogens is 1. The standard InChI is InChI=1S/C11H10BrNO5/c1-18-9-4-6(2-3-8(9)12)13-5-7(10(14)15)11(16)17/h2-5,13H,1H3,(H,14,15)(H,16,17). The number of hydrogen-bond acceptors (Lipinski definition) is 4. The van der Waals surface area contributed by atoms with Crippen LogP contribution in [0, 0.1) is 0 Å². The molecule has 0 aliphatic carbocycles. The molecule has 0 aliphatic rings. The molecular weight excluding hydrogens is 306 g/mol. The number of hydrogen-bond donors (Lipinski definition) is 3. The van der Waals surface area contributed by atoms with E-state index in [2.05, 4.69) is 21.2 Å². The third kappa shape index (κ3) is 3.49. The van der Waals surface area contributed by atoms with Crippen LogP contribution in [0.15, 0.2) is 34.4 Å². The van der Waals surface area contributed by atoms with Gasteiger partial charge in [-0.05, 0) is 28.1 Å². The Morgan fingerprint density at radius 2 is 1.94 bits per heavy atom. The molecule has 18 heavy (non-hydrogen) atoms. The van der Waals surface area contributed by atoms with Gasteiger partial charge in [0.15, 0.2) is 5.57 Å². The predicted octanol–water partition coefficient (Wildman–Crippen LogP) is 1.92. The molecule has 0 spiro atoms. The van der Waals surface area contributed by atoms with Crippen LogP contribution in [0.2, 0.25) is 0 Å². The Kier molecular flexibility index (Phi) is 4.73. The average Bonchev–Trinajstić information content (AvgIpc) is 2.30. The fraction of sp³-hybridized carbons (Fsp3) is 0.0909. The molecule has 7 heteroatoms. The lowest BCUT2D eigenvalue weighted by atomic mass is 10.2. The number of anilines is 1. The zero-order valence-electron chi connectivity index (χ0n) is 9.31. The lowest BCUT2D eigenvalue weighted by Crippen LogP contribution is -2.12. The number of benzene rings is 1. The number of carboxylic acid groups (broad SMARTS) is 2. The Morgan fingerprint density at radius 3 is 2.44 bits per heavy atom. The first-order valence-electron chi connectivity index (χ1n) is 4.72. The molecular formula is C11H10BrNO5. The van der Waals surface area contributed by atoms with Gasteiger partial charge in [0, 0.05) is 18.0 Å². The molecule has 1 aromatic carbocycles. The molecule has 96 valence electrons. The van der Waals surface area contributed by atoms with E-state index < -0.39 is 17.5 Å². The third-order valence-corrected chi connectivity index (χ3v) is 2.65. The lowest BCUT2D eigenvalue weighted by molar-refractivity contribution is -0.140. The summed E-state index contributed by atoms with van der Waals surface area (Å²) in [5.41, 5.74) is -0.244. The number of ether oxygens (including phenoxy) is 1. The van der Waals surface area contributed by atoms with Crippen molar-refractivity contribution < 1.29 is 24.5 Å². The molecule has 0 amide bonds. The summed E-state index contributed by atoms with van der Waals surface area (Å²) in [7, 11) is 1.49. The molecule has 0 aliphatic heterocycles. The summed E-state index contributed by atoms with van der Waals surface area (Å²) >= 11 is 3.26. The van der Waals surface area contributed by atoms with E-state index in [-0.39, 0.29) is 0 Å². The molecule has 0 aromatic heterocycles. The predicted molar refractivity (Wildman–Crippen MR) is 67.7 cm³/mol. The Bertz CT molecular complexity index is 496. The maximum absolute atomic E-state index is 10.6. The summed E-state index contributed by atoms with van der Waals surface area (Å²) in [5, 5.41) is 19.9. The van der Waals surface area contributed by atoms with Gasteiger partial charge < -0.3 is 20.3 Å². The van der Waals surface area contributed by atoms with Crippen molar-refractivity contribution in [3.05, 3.63) is 34.4 Å². The summed E-state index contributed by atoms with van der Waals surface area (Å²) in [4.78, 5) is 21.2. The number of nitrogens with one attached hydrogen (secondary N) is 1. The molecule has 0 saturated heterocycles. The molecule has 0 bridgehead atoms. The van der Waals surface area contributed by atoms with Crippen molar-refractivity contribution in [2.24, 2.45) is 0 Å². The molecule has 1 aromatic rings. The second-order valence-electron chi connectivity index (χ2n) is 3.16. The summed E-state index contributed by atoms with van der Waals surface area (Å²) in [5.74, 6) is -2.49. The minimum absolute atomic E-state index is 0.509. The maximum atomic E-state index is 10.6. The molecule has 1 rings (SSSR count). The molecule has 0 radical (unpaired) electrons. The fourth-order valence-electron chi connectivity index (χ4n) is 1.12. The quantitative estimate of drug-likeness (QED) is 0.436. The summed E-state index contributed by atoms with van der Waals surface area (Å²) < 4.78 is 5.78. The Balaban J connectivity index is 2.94. The van der Waals surface area contributed by atoms with Gasteiger partial charge in [0.1, 0.15) is 5.75 Å². The van der Waals surface area contributed by atoms with Crippen molar-refractivity contribution in [2.45, 2.75) is 0 Å². The van der Waals surface area contributed by atoms with Gasteiger partial charge in [0.25, 0.3) is 0 Å². The van der Waals surface area contributed by atoms with Crippen molar-refractivity contribution in [2.75, 3.05) is 12.4 Å². The SMILES string of the molecule is COc1cc(NC=C(C(=O)O)C(=O)O)ccc1Br. The average molecular weight is 316 g/mol. The van der Waals surface area contributed by atoms with Gasteiger partial charge in [0.05, 0.1) is 11.6 Å². The summed E-state index contributed by atoms with van der Waals surface area (Å²) in [6, 6.07) is 4.93. The van der Waals surface area contributed by atoms with Crippen LogP contribution in [0.4, 0.5) is 5.69 Å². The number of carbonyl (C=O) groups is 2. The number of methoxy groups -OCH3 is 1. The highest BCUT2D eigenvalue weighted by Crippen LogP contribution is 2.27. The van der Waals surface area contributed by atoms with Gasteiger partial charge >= 0.3 is 11.9 Å². The van der Waals surface area contributed by atoms with E-state index >= 15 is 0 Å². The molecule has 0 fully saturated rings. The molecule has 0 heterocycles. The zero-order chi connectivity index (χ0) is 13.7. The Labute approximate surface area is 111 Å². The normalized spacial score (nSPS) is 9.44. The van der Waals surface area contributed by atoms with E-state index in [0.717, 1.165) is 10.7 Å². The third-order valence-electron chi connectivity index (χ3n) is 2.00. The van der Waals surface area contributed by atoms with Crippen molar-refractivity contribution >= 4 is 33.6 Å². The van der Waals surface area contributed by atoms with E-state index in [0.29, 0.717) is 11.4 Å². The van der Waals surface area contributed by atoms with Crippen molar-refractivity contribution in [3.8, 4) is 5.75 Å². The Hall–Kier alpha value is -2.02. The largest absolute Gasteiger partial charge is 0.495 e. The van der Waals surface area contributed by atoms with Crippen LogP contribution in [0.1, 0.15) is 0 Å². The highest BCUT2D eigenvalue weighted by atomic mass is 79.9. The maximum Gasteiger partial charge on any atom is 0.344 e. The van der Waals surface area contributed by atoms with Crippen molar-refractivity contribution in [1.82, 2.24) is 0 Å². The number of carboxylic acids is 2. The minimum Gasteiger partial charge on any atom is -0.495 e. The highest BCUT2D eigenvalue weighted by molar-refractivity contribution is 9.10. The topological polar surface area (TPSA) is 95.9 Å². The van der Waals surface area contributed by atoms with Crippen LogP contribution in [-0.2, 0) is 9.59 Å². The molecule has 3 N–H and O–H groups in total. The van der Waals surface area contributed by atoms with Crippen LogP contribution >= 0.6 is 15.9 Å². The first-order valence-corrected chi connectivity index (χ1v) is 5.52. The van der Waals surface area contributed by atoms with E-state index in [1.165, 1.54) is 7.11 Å². The van der Waals surface area contributed by atoms with Gasteiger partial charge in [0.2, 0.25) is 0 Å². The smallest absolute Gasteiger partial charge is 0.344 e. The molecule has 6 nitrogen and oxygen atoms in total. The van der Waals surface area contributed by atoms with E-state index in [1.807, 2.05) is 0 Å².